The van der Waals surface area contributed by atoms with Crippen LogP contribution < -0.4 is 4.74 Å². The fourth-order valence-electron chi connectivity index (χ4n) is 2.91. The molecule has 3 rings (SSSR count). The number of ether oxygens (including phenoxy) is 1. The van der Waals surface area contributed by atoms with Crippen LogP contribution in [0, 0.1) is 0 Å². The highest BCUT2D eigenvalue weighted by Crippen LogP contribution is 2.59. The summed E-state index contributed by atoms with van der Waals surface area (Å²) < 4.78 is 17.8. The summed E-state index contributed by atoms with van der Waals surface area (Å²) >= 11 is 0. The second-order valence-electron chi connectivity index (χ2n) is 6.87. The minimum atomic E-state index is -0.244. The molecule has 1 aliphatic heterocycles. The van der Waals surface area contributed by atoms with Gasteiger partial charge in [0.1, 0.15) is 5.75 Å². The normalized spacial score (nSPS) is 30.4. The molecule has 2 fully saturated rings. The lowest BCUT2D eigenvalue weighted by Gasteiger charge is -2.32. The zero-order valence-corrected chi connectivity index (χ0v) is 13.0. The van der Waals surface area contributed by atoms with Crippen molar-refractivity contribution < 1.29 is 14.0 Å². The number of hydrogen-bond donors (Lipinski definition) is 0. The van der Waals surface area contributed by atoms with E-state index in [0.717, 1.165) is 12.2 Å². The summed E-state index contributed by atoms with van der Waals surface area (Å²) in [5.41, 5.74) is 0.784. The van der Waals surface area contributed by atoms with Gasteiger partial charge in [-0.2, -0.15) is 0 Å². The summed E-state index contributed by atoms with van der Waals surface area (Å²) in [7, 11) is 1.63. The molecular formula is C16H23BO3. The molecule has 0 amide bonds. The highest BCUT2D eigenvalue weighted by Gasteiger charge is 2.60. The van der Waals surface area contributed by atoms with Crippen LogP contribution in [0.15, 0.2) is 24.3 Å². The molecule has 1 saturated carbocycles. The average Bonchev–Trinajstić information content (AvgIpc) is 3.13. The number of hydrogen-bond acceptors (Lipinski definition) is 3. The maximum Gasteiger partial charge on any atom is 0.461 e. The van der Waals surface area contributed by atoms with Crippen LogP contribution in [-0.4, -0.2) is 25.4 Å². The molecule has 1 aliphatic carbocycles. The van der Waals surface area contributed by atoms with Crippen molar-refractivity contribution in [3.63, 3.8) is 0 Å². The number of rotatable bonds is 3. The Balaban J connectivity index is 1.75. The van der Waals surface area contributed by atoms with Gasteiger partial charge in [-0.25, -0.2) is 0 Å². The first kappa shape index (κ1) is 14.0. The van der Waals surface area contributed by atoms with Gasteiger partial charge in [-0.1, -0.05) is 18.2 Å². The molecule has 0 N–H and O–H groups in total. The Kier molecular flexibility index (Phi) is 3.14. The third-order valence-electron chi connectivity index (χ3n) is 5.00. The summed E-state index contributed by atoms with van der Waals surface area (Å²) in [4.78, 5) is 0. The molecule has 108 valence electrons. The summed E-state index contributed by atoms with van der Waals surface area (Å²) in [6, 6.07) is 8.25. The molecule has 2 aliphatic rings. The van der Waals surface area contributed by atoms with Crippen molar-refractivity contribution >= 4 is 7.12 Å². The molecule has 0 unspecified atom stereocenters. The molecule has 1 saturated heterocycles. The van der Waals surface area contributed by atoms with Crippen molar-refractivity contribution in [1.82, 2.24) is 0 Å². The lowest BCUT2D eigenvalue weighted by atomic mass is 9.79. The van der Waals surface area contributed by atoms with Crippen molar-refractivity contribution in [1.29, 1.82) is 0 Å². The maximum atomic E-state index is 6.15. The van der Waals surface area contributed by atoms with Gasteiger partial charge in [-0.3, -0.25) is 0 Å². The maximum absolute atomic E-state index is 6.15. The first-order valence-corrected chi connectivity index (χ1v) is 7.34. The Morgan fingerprint density at radius 1 is 1.10 bits per heavy atom. The third-order valence-corrected chi connectivity index (χ3v) is 5.00. The van der Waals surface area contributed by atoms with Gasteiger partial charge in [0.2, 0.25) is 0 Å². The van der Waals surface area contributed by atoms with E-state index in [1.165, 1.54) is 5.56 Å². The second kappa shape index (κ2) is 4.50. The van der Waals surface area contributed by atoms with Crippen LogP contribution in [0.5, 0.6) is 5.75 Å². The monoisotopic (exact) mass is 274 g/mol. The van der Waals surface area contributed by atoms with E-state index >= 15 is 0 Å². The van der Waals surface area contributed by atoms with E-state index in [1.807, 2.05) is 12.1 Å². The lowest BCUT2D eigenvalue weighted by molar-refractivity contribution is 0.00578. The quantitative estimate of drug-likeness (QED) is 0.787. The minimum absolute atomic E-state index is 0.102. The molecule has 1 heterocycles. The number of para-hydroxylation sites is 1. The van der Waals surface area contributed by atoms with Gasteiger partial charge in [0.15, 0.2) is 0 Å². The fraction of sp³-hybridized carbons (Fsp3) is 0.625. The SMILES string of the molecule is COc1ccccc1[C@@H]1C[C@H]1B1OC(C)(C)C(C)(C)O1. The Hall–Kier alpha value is -0.995. The van der Waals surface area contributed by atoms with Crippen LogP contribution >= 0.6 is 0 Å². The molecule has 4 heteroatoms. The lowest BCUT2D eigenvalue weighted by Crippen LogP contribution is -2.41. The molecule has 2 atom stereocenters. The average molecular weight is 274 g/mol. The Morgan fingerprint density at radius 3 is 2.30 bits per heavy atom. The molecule has 0 aromatic heterocycles. The van der Waals surface area contributed by atoms with Crippen LogP contribution in [0.25, 0.3) is 0 Å². The van der Waals surface area contributed by atoms with Crippen molar-refractivity contribution in [2.75, 3.05) is 7.11 Å². The van der Waals surface area contributed by atoms with Gasteiger partial charge in [-0.05, 0) is 51.7 Å². The first-order valence-electron chi connectivity index (χ1n) is 7.34. The van der Waals surface area contributed by atoms with Gasteiger partial charge in [-0.15, -0.1) is 0 Å². The molecule has 1 aromatic carbocycles. The van der Waals surface area contributed by atoms with E-state index in [-0.39, 0.29) is 18.3 Å². The van der Waals surface area contributed by atoms with Crippen LogP contribution in [-0.2, 0) is 9.31 Å². The Labute approximate surface area is 121 Å². The third kappa shape index (κ3) is 2.15. The van der Waals surface area contributed by atoms with E-state index in [0.29, 0.717) is 11.7 Å². The summed E-state index contributed by atoms with van der Waals surface area (Å²) in [5, 5.41) is 0. The van der Waals surface area contributed by atoms with Gasteiger partial charge < -0.3 is 14.0 Å². The van der Waals surface area contributed by atoms with Gasteiger partial charge in [0, 0.05) is 5.82 Å². The summed E-state index contributed by atoms with van der Waals surface area (Å²) in [6.45, 7) is 8.42. The van der Waals surface area contributed by atoms with Crippen LogP contribution in [0.4, 0.5) is 0 Å². The molecular weight excluding hydrogens is 251 g/mol. The topological polar surface area (TPSA) is 27.7 Å². The Bertz CT molecular complexity index is 496. The van der Waals surface area contributed by atoms with E-state index < -0.39 is 0 Å². The molecule has 0 bridgehead atoms. The van der Waals surface area contributed by atoms with Crippen LogP contribution in [0.3, 0.4) is 0 Å². The predicted molar refractivity (Wildman–Crippen MR) is 80.2 cm³/mol. The minimum Gasteiger partial charge on any atom is -0.496 e. The fourth-order valence-corrected chi connectivity index (χ4v) is 2.91. The van der Waals surface area contributed by atoms with E-state index in [1.54, 1.807) is 7.11 Å². The predicted octanol–water partition coefficient (Wildman–Crippen LogP) is 3.64. The van der Waals surface area contributed by atoms with E-state index in [4.69, 9.17) is 14.0 Å². The van der Waals surface area contributed by atoms with E-state index in [2.05, 4.69) is 39.8 Å². The van der Waals surface area contributed by atoms with Crippen LogP contribution in [0.1, 0.15) is 45.6 Å². The van der Waals surface area contributed by atoms with Crippen molar-refractivity contribution in [2.24, 2.45) is 0 Å². The molecule has 0 radical (unpaired) electrons. The van der Waals surface area contributed by atoms with Crippen molar-refractivity contribution in [3.05, 3.63) is 29.8 Å². The summed E-state index contributed by atoms with van der Waals surface area (Å²) in [6.07, 6.45) is 1.11. The highest BCUT2D eigenvalue weighted by molar-refractivity contribution is 6.49. The Morgan fingerprint density at radius 2 is 1.70 bits per heavy atom. The first-order chi connectivity index (χ1) is 9.36. The molecule has 3 nitrogen and oxygen atoms in total. The zero-order valence-electron chi connectivity index (χ0n) is 13.0. The summed E-state index contributed by atoms with van der Waals surface area (Å²) in [5.74, 6) is 1.89. The second-order valence-corrected chi connectivity index (χ2v) is 6.87. The van der Waals surface area contributed by atoms with Crippen molar-refractivity contribution in [3.8, 4) is 5.75 Å². The van der Waals surface area contributed by atoms with Gasteiger partial charge in [0.25, 0.3) is 0 Å². The van der Waals surface area contributed by atoms with E-state index in [9.17, 15) is 0 Å². The highest BCUT2D eigenvalue weighted by atomic mass is 16.7. The zero-order chi connectivity index (χ0) is 14.5. The van der Waals surface area contributed by atoms with Gasteiger partial charge in [0.05, 0.1) is 18.3 Å². The molecule has 20 heavy (non-hydrogen) atoms. The number of benzene rings is 1. The number of methoxy groups -OCH3 is 1. The molecule has 0 spiro atoms. The standard InChI is InChI=1S/C16H23BO3/c1-15(2)16(3,4)20-17(19-15)13-10-12(13)11-8-6-7-9-14(11)18-5/h6-9,12-13H,10H2,1-5H3/t12-,13+/m0/s1. The van der Waals surface area contributed by atoms with Gasteiger partial charge >= 0.3 is 7.12 Å². The largest absolute Gasteiger partial charge is 0.496 e. The van der Waals surface area contributed by atoms with Crippen LogP contribution in [0.2, 0.25) is 5.82 Å². The van der Waals surface area contributed by atoms with Crippen molar-refractivity contribution in [2.45, 2.75) is 57.1 Å². The molecule has 1 aromatic rings. The smallest absolute Gasteiger partial charge is 0.461 e.